The van der Waals surface area contributed by atoms with Gasteiger partial charge >= 0.3 is 0 Å². The number of furan rings is 1. The van der Waals surface area contributed by atoms with Crippen molar-refractivity contribution in [2.24, 2.45) is 0 Å². The van der Waals surface area contributed by atoms with Crippen LogP contribution in [-0.2, 0) is 0 Å². The van der Waals surface area contributed by atoms with Crippen molar-refractivity contribution < 1.29 is 19.1 Å². The topological polar surface area (TPSA) is 135 Å². The molecule has 1 aliphatic rings. The zero-order chi connectivity index (χ0) is 25.1. The number of nitrogens with zero attached hydrogens (tertiary/aromatic N) is 4. The van der Waals surface area contributed by atoms with E-state index < -0.39 is 15.8 Å². The van der Waals surface area contributed by atoms with E-state index in [-0.39, 0.29) is 22.2 Å². The summed E-state index contributed by atoms with van der Waals surface area (Å²) >= 11 is 11.6. The monoisotopic (exact) mass is 515 g/mol. The fourth-order valence-electron chi connectivity index (χ4n) is 3.64. The summed E-state index contributed by atoms with van der Waals surface area (Å²) in [6.07, 6.45) is 0. The van der Waals surface area contributed by atoms with Gasteiger partial charge in [0.1, 0.15) is 5.76 Å². The van der Waals surface area contributed by atoms with E-state index in [4.69, 9.17) is 28.2 Å². The molecule has 0 atom stereocenters. The Morgan fingerprint density at radius 1 is 0.971 bits per heavy atom. The highest BCUT2D eigenvalue weighted by atomic mass is 35.5. The maximum Gasteiger partial charge on any atom is 0.293 e. The number of hydrogen-bond donors (Lipinski definition) is 1. The zero-order valence-electron chi connectivity index (χ0n) is 18.0. The minimum Gasteiger partial charge on any atom is -0.451 e. The molecule has 0 saturated carbocycles. The molecule has 0 bridgehead atoms. The van der Waals surface area contributed by atoms with E-state index in [0.29, 0.717) is 48.2 Å². The van der Waals surface area contributed by atoms with Gasteiger partial charge in [0, 0.05) is 56.0 Å². The number of carbonyl (C=O) groups excluding carboxylic acids is 1. The SMILES string of the molecule is O=C(NC(=S)N1CCN(c2ccc([N+](=O)[O-])cc2Cl)CC1)c1ccc(-c2cccc([N+](=O)[O-])c2)o1. The average Bonchev–Trinajstić information content (AvgIpc) is 3.35. The number of non-ortho nitro benzene ring substituents is 2. The van der Waals surface area contributed by atoms with Crippen LogP contribution in [-0.4, -0.2) is 51.9 Å². The van der Waals surface area contributed by atoms with Crippen LogP contribution in [0.1, 0.15) is 10.6 Å². The maximum atomic E-state index is 12.6. The maximum absolute atomic E-state index is 12.6. The van der Waals surface area contributed by atoms with E-state index in [1.807, 2.05) is 9.80 Å². The second kappa shape index (κ2) is 10.1. The van der Waals surface area contributed by atoms with Crippen LogP contribution in [0.4, 0.5) is 17.1 Å². The molecule has 0 spiro atoms. The Kier molecular flexibility index (Phi) is 6.94. The zero-order valence-corrected chi connectivity index (χ0v) is 19.6. The molecular weight excluding hydrogens is 498 g/mol. The van der Waals surface area contributed by atoms with Gasteiger partial charge < -0.3 is 14.2 Å². The number of rotatable bonds is 5. The number of nitrogens with one attached hydrogen (secondary N) is 1. The van der Waals surface area contributed by atoms with Crippen LogP contribution >= 0.6 is 23.8 Å². The second-order valence-corrected chi connectivity index (χ2v) is 8.39. The smallest absolute Gasteiger partial charge is 0.293 e. The Labute approximate surface area is 209 Å². The summed E-state index contributed by atoms with van der Waals surface area (Å²) in [5, 5.41) is 25.1. The number of nitro groups is 2. The molecular formula is C22H18ClN5O6S. The summed E-state index contributed by atoms with van der Waals surface area (Å²) in [4.78, 5) is 37.3. The molecule has 4 rings (SSSR count). The summed E-state index contributed by atoms with van der Waals surface area (Å²) in [6.45, 7) is 2.10. The van der Waals surface area contributed by atoms with E-state index in [1.165, 1.54) is 36.4 Å². The molecule has 0 unspecified atom stereocenters. The van der Waals surface area contributed by atoms with Gasteiger partial charge in [-0.15, -0.1) is 0 Å². The summed E-state index contributed by atoms with van der Waals surface area (Å²) in [5.74, 6) is -0.198. The molecule has 1 aromatic heterocycles. The van der Waals surface area contributed by atoms with Crippen molar-refractivity contribution in [3.63, 3.8) is 0 Å². The van der Waals surface area contributed by atoms with Crippen LogP contribution in [0.2, 0.25) is 5.02 Å². The molecule has 1 amide bonds. The molecule has 2 aromatic carbocycles. The molecule has 35 heavy (non-hydrogen) atoms. The number of hydrogen-bond acceptors (Lipinski definition) is 8. The predicted molar refractivity (Wildman–Crippen MR) is 133 cm³/mol. The summed E-state index contributed by atoms with van der Waals surface area (Å²) < 4.78 is 5.59. The molecule has 0 aliphatic carbocycles. The fraction of sp³-hybridized carbons (Fsp3) is 0.182. The summed E-state index contributed by atoms with van der Waals surface area (Å²) in [7, 11) is 0. The van der Waals surface area contributed by atoms with Crippen LogP contribution in [0.5, 0.6) is 0 Å². The van der Waals surface area contributed by atoms with E-state index >= 15 is 0 Å². The van der Waals surface area contributed by atoms with Crippen molar-refractivity contribution in [1.29, 1.82) is 0 Å². The number of piperazine rings is 1. The van der Waals surface area contributed by atoms with E-state index in [1.54, 1.807) is 18.2 Å². The van der Waals surface area contributed by atoms with Gasteiger partial charge in [-0.3, -0.25) is 30.3 Å². The number of benzene rings is 2. The van der Waals surface area contributed by atoms with Crippen LogP contribution in [0.15, 0.2) is 59.0 Å². The van der Waals surface area contributed by atoms with Gasteiger partial charge in [-0.05, 0) is 30.4 Å². The lowest BCUT2D eigenvalue weighted by atomic mass is 10.1. The highest BCUT2D eigenvalue weighted by molar-refractivity contribution is 7.80. The van der Waals surface area contributed by atoms with Crippen LogP contribution < -0.4 is 10.2 Å². The van der Waals surface area contributed by atoms with Gasteiger partial charge in [0.2, 0.25) is 0 Å². The van der Waals surface area contributed by atoms with E-state index in [2.05, 4.69) is 5.32 Å². The number of nitro benzene ring substituents is 2. The molecule has 180 valence electrons. The number of halogens is 1. The molecule has 1 saturated heterocycles. The molecule has 11 nitrogen and oxygen atoms in total. The standard InChI is InChI=1S/C22H18ClN5O6S/c23-17-13-16(28(32)33)4-5-18(17)25-8-10-26(11-9-25)22(35)24-21(29)20-7-6-19(34-20)14-2-1-3-15(12-14)27(30)31/h1-7,12-13H,8-11H2,(H,24,29,35). The Morgan fingerprint density at radius 3 is 2.31 bits per heavy atom. The summed E-state index contributed by atoms with van der Waals surface area (Å²) in [6, 6.07) is 13.3. The molecule has 0 radical (unpaired) electrons. The first-order chi connectivity index (χ1) is 16.7. The highest BCUT2D eigenvalue weighted by Gasteiger charge is 2.24. The summed E-state index contributed by atoms with van der Waals surface area (Å²) in [5.41, 5.74) is 1.01. The second-order valence-electron chi connectivity index (χ2n) is 7.60. The van der Waals surface area contributed by atoms with Crippen LogP contribution in [0.25, 0.3) is 11.3 Å². The lowest BCUT2D eigenvalue weighted by Crippen LogP contribution is -2.52. The third kappa shape index (κ3) is 5.39. The first-order valence-corrected chi connectivity index (χ1v) is 11.2. The van der Waals surface area contributed by atoms with Crippen molar-refractivity contribution in [3.05, 3.63) is 85.6 Å². The van der Waals surface area contributed by atoms with Gasteiger partial charge in [0.15, 0.2) is 10.9 Å². The molecule has 1 aliphatic heterocycles. The van der Waals surface area contributed by atoms with Crippen LogP contribution in [0, 0.1) is 20.2 Å². The van der Waals surface area contributed by atoms with E-state index in [9.17, 15) is 25.0 Å². The van der Waals surface area contributed by atoms with E-state index in [0.717, 1.165) is 0 Å². The Bertz CT molecular complexity index is 1320. The first kappa shape index (κ1) is 24.1. The Morgan fingerprint density at radius 2 is 1.66 bits per heavy atom. The molecule has 2 heterocycles. The molecule has 13 heteroatoms. The van der Waals surface area contributed by atoms with Crippen molar-refractivity contribution in [2.45, 2.75) is 0 Å². The van der Waals surface area contributed by atoms with Crippen molar-refractivity contribution in [2.75, 3.05) is 31.1 Å². The average molecular weight is 516 g/mol. The number of carbonyl (C=O) groups is 1. The van der Waals surface area contributed by atoms with Gasteiger partial charge in [-0.2, -0.15) is 0 Å². The lowest BCUT2D eigenvalue weighted by molar-refractivity contribution is -0.385. The van der Waals surface area contributed by atoms with Crippen molar-refractivity contribution >= 4 is 51.9 Å². The molecule has 1 N–H and O–H groups in total. The number of amides is 1. The highest BCUT2D eigenvalue weighted by Crippen LogP contribution is 2.30. The Balaban J connectivity index is 1.35. The third-order valence-electron chi connectivity index (χ3n) is 5.44. The van der Waals surface area contributed by atoms with Crippen molar-refractivity contribution in [1.82, 2.24) is 10.2 Å². The lowest BCUT2D eigenvalue weighted by Gasteiger charge is -2.37. The van der Waals surface area contributed by atoms with Gasteiger partial charge in [-0.1, -0.05) is 23.7 Å². The van der Waals surface area contributed by atoms with Gasteiger partial charge in [0.25, 0.3) is 17.3 Å². The normalized spacial score (nSPS) is 13.4. The number of anilines is 1. The fourth-order valence-corrected chi connectivity index (χ4v) is 4.21. The van der Waals surface area contributed by atoms with Crippen LogP contribution in [0.3, 0.4) is 0 Å². The largest absolute Gasteiger partial charge is 0.451 e. The number of thiocarbonyl (C=S) groups is 1. The third-order valence-corrected chi connectivity index (χ3v) is 6.10. The molecule has 1 fully saturated rings. The molecule has 3 aromatic rings. The van der Waals surface area contributed by atoms with Gasteiger partial charge in [0.05, 0.1) is 20.6 Å². The van der Waals surface area contributed by atoms with Crippen molar-refractivity contribution in [3.8, 4) is 11.3 Å². The minimum absolute atomic E-state index is 0.0187. The Hall–Kier alpha value is -4.03. The minimum atomic E-state index is -0.535. The quantitative estimate of drug-likeness (QED) is 0.300. The first-order valence-electron chi connectivity index (χ1n) is 10.4. The predicted octanol–water partition coefficient (Wildman–Crippen LogP) is 4.25. The van der Waals surface area contributed by atoms with Gasteiger partial charge in [-0.25, -0.2) is 0 Å².